The molecule has 1 atom stereocenters. The van der Waals surface area contributed by atoms with Crippen molar-refractivity contribution >= 4 is 21.6 Å². The van der Waals surface area contributed by atoms with E-state index in [4.69, 9.17) is 0 Å². The summed E-state index contributed by atoms with van der Waals surface area (Å²) in [5, 5.41) is 1.54. The minimum atomic E-state index is 0.756. The predicted molar refractivity (Wildman–Crippen MR) is 54.6 cm³/mol. The highest BCUT2D eigenvalue weighted by Crippen LogP contribution is 2.33. The molecular weight excluding hydrogens is 160 g/mol. The van der Waals surface area contributed by atoms with Crippen LogP contribution < -0.4 is 0 Å². The first kappa shape index (κ1) is 10.7. The summed E-state index contributed by atoms with van der Waals surface area (Å²) in [5.74, 6) is 0.802. The molecule has 0 saturated heterocycles. The molecule has 0 aliphatic carbocycles. The van der Waals surface area contributed by atoms with E-state index in [9.17, 15) is 0 Å². The maximum atomic E-state index is 2.30. The van der Waals surface area contributed by atoms with Gasteiger partial charge in [0.1, 0.15) is 0 Å². The van der Waals surface area contributed by atoms with Gasteiger partial charge in [0.15, 0.2) is 0 Å². The molecule has 62 valence electrons. The highest BCUT2D eigenvalue weighted by atomic mass is 33.1. The summed E-state index contributed by atoms with van der Waals surface area (Å²) >= 11 is 0. The Kier molecular flexibility index (Phi) is 5.74. The van der Waals surface area contributed by atoms with Crippen molar-refractivity contribution in [3.63, 3.8) is 0 Å². The fraction of sp³-hybridized carbons (Fsp3) is 1.00. The normalized spacial score (nSPS) is 14.7. The molecule has 0 saturated carbocycles. The lowest BCUT2D eigenvalue weighted by atomic mass is 10.2. The van der Waals surface area contributed by atoms with Gasteiger partial charge in [-0.25, -0.2) is 0 Å². The van der Waals surface area contributed by atoms with Crippen molar-refractivity contribution in [2.24, 2.45) is 5.92 Å². The van der Waals surface area contributed by atoms with Crippen molar-refractivity contribution in [2.45, 2.75) is 45.1 Å². The number of rotatable bonds is 4. The van der Waals surface area contributed by atoms with Gasteiger partial charge in [-0.15, -0.1) is 0 Å². The minimum absolute atomic E-state index is 0.756. The Morgan fingerprint density at radius 2 is 1.30 bits per heavy atom. The van der Waals surface area contributed by atoms with Crippen LogP contribution in [0.2, 0.25) is 0 Å². The predicted octanol–water partition coefficient (Wildman–Crippen LogP) is 3.82. The Bertz CT molecular complexity index is 79.3. The van der Waals surface area contributed by atoms with E-state index in [-0.39, 0.29) is 0 Å². The zero-order valence-corrected chi connectivity index (χ0v) is 9.18. The molecule has 0 aromatic rings. The molecule has 0 heterocycles. The quantitative estimate of drug-likeness (QED) is 0.600. The van der Waals surface area contributed by atoms with Crippen LogP contribution in [0.1, 0.15) is 34.6 Å². The molecule has 0 aliphatic heterocycles. The van der Waals surface area contributed by atoms with Crippen molar-refractivity contribution in [3.8, 4) is 0 Å². The standard InChI is InChI=1S/C8H18S2/c1-6(2)8(5)10-9-7(3)4/h6-8H,1-5H3/t8-/m0/s1. The molecule has 0 rings (SSSR count). The van der Waals surface area contributed by atoms with Gasteiger partial charge in [-0.3, -0.25) is 0 Å². The van der Waals surface area contributed by atoms with Gasteiger partial charge < -0.3 is 0 Å². The van der Waals surface area contributed by atoms with E-state index in [0.29, 0.717) is 0 Å². The van der Waals surface area contributed by atoms with Crippen LogP contribution in [-0.4, -0.2) is 10.5 Å². The first-order valence-electron chi connectivity index (χ1n) is 3.86. The van der Waals surface area contributed by atoms with Crippen LogP contribution in [0.4, 0.5) is 0 Å². The highest BCUT2D eigenvalue weighted by molar-refractivity contribution is 8.77. The molecule has 0 aliphatic rings. The molecule has 0 aromatic carbocycles. The zero-order valence-electron chi connectivity index (χ0n) is 7.55. The Hall–Kier alpha value is 0.700. The average molecular weight is 178 g/mol. The molecular formula is C8H18S2. The summed E-state index contributed by atoms with van der Waals surface area (Å²) in [5.41, 5.74) is 0. The molecule has 0 bridgehead atoms. The minimum Gasteiger partial charge on any atom is -0.0910 e. The monoisotopic (exact) mass is 178 g/mol. The second-order valence-electron chi connectivity index (χ2n) is 3.19. The van der Waals surface area contributed by atoms with Gasteiger partial charge in [-0.05, 0) is 5.92 Å². The lowest BCUT2D eigenvalue weighted by Crippen LogP contribution is -2.04. The molecule has 0 unspecified atom stereocenters. The Labute approximate surface area is 72.9 Å². The highest BCUT2D eigenvalue weighted by Gasteiger charge is 2.08. The van der Waals surface area contributed by atoms with Crippen LogP contribution in [0, 0.1) is 5.92 Å². The third kappa shape index (κ3) is 5.48. The molecule has 2 heteroatoms. The lowest BCUT2D eigenvalue weighted by Gasteiger charge is -2.14. The van der Waals surface area contributed by atoms with Crippen molar-refractivity contribution in [3.05, 3.63) is 0 Å². The van der Waals surface area contributed by atoms with Gasteiger partial charge in [0.2, 0.25) is 0 Å². The van der Waals surface area contributed by atoms with Crippen LogP contribution in [0.3, 0.4) is 0 Å². The lowest BCUT2D eigenvalue weighted by molar-refractivity contribution is 0.645. The summed E-state index contributed by atoms with van der Waals surface area (Å²) in [6.07, 6.45) is 0. The van der Waals surface area contributed by atoms with Gasteiger partial charge in [0.25, 0.3) is 0 Å². The molecule has 0 spiro atoms. The topological polar surface area (TPSA) is 0 Å². The van der Waals surface area contributed by atoms with Crippen molar-refractivity contribution < 1.29 is 0 Å². The Morgan fingerprint density at radius 3 is 1.60 bits per heavy atom. The van der Waals surface area contributed by atoms with Crippen molar-refractivity contribution in [1.82, 2.24) is 0 Å². The second kappa shape index (κ2) is 5.36. The molecule has 0 aromatic heterocycles. The summed E-state index contributed by atoms with van der Waals surface area (Å²) in [7, 11) is 3.99. The first-order chi connectivity index (χ1) is 4.54. The molecule has 0 fully saturated rings. The Balaban J connectivity index is 3.30. The maximum absolute atomic E-state index is 2.30. The third-order valence-corrected chi connectivity index (χ3v) is 5.08. The van der Waals surface area contributed by atoms with Crippen LogP contribution in [0.25, 0.3) is 0 Å². The molecule has 0 radical (unpaired) electrons. The van der Waals surface area contributed by atoms with E-state index in [0.717, 1.165) is 16.4 Å². The smallest absolute Gasteiger partial charge is 0.0146 e. The molecule has 0 N–H and O–H groups in total. The fourth-order valence-corrected chi connectivity index (χ4v) is 2.79. The SMILES string of the molecule is CC(C)SS[C@@H](C)C(C)C. The van der Waals surface area contributed by atoms with Crippen LogP contribution >= 0.6 is 21.6 Å². The van der Waals surface area contributed by atoms with E-state index in [1.807, 2.05) is 21.6 Å². The largest absolute Gasteiger partial charge is 0.0910 e. The van der Waals surface area contributed by atoms with E-state index in [2.05, 4.69) is 34.6 Å². The van der Waals surface area contributed by atoms with Crippen molar-refractivity contribution in [1.29, 1.82) is 0 Å². The number of hydrogen-bond acceptors (Lipinski definition) is 2. The van der Waals surface area contributed by atoms with Gasteiger partial charge in [0.05, 0.1) is 0 Å². The summed E-state index contributed by atoms with van der Waals surface area (Å²) in [6, 6.07) is 0. The molecule has 0 amide bonds. The van der Waals surface area contributed by atoms with Crippen LogP contribution in [0.15, 0.2) is 0 Å². The van der Waals surface area contributed by atoms with Crippen molar-refractivity contribution in [2.75, 3.05) is 0 Å². The Morgan fingerprint density at radius 1 is 0.800 bits per heavy atom. The van der Waals surface area contributed by atoms with Gasteiger partial charge in [-0.1, -0.05) is 56.2 Å². The molecule has 0 nitrogen and oxygen atoms in total. The maximum Gasteiger partial charge on any atom is 0.0146 e. The van der Waals surface area contributed by atoms with E-state index in [1.165, 1.54) is 0 Å². The number of hydrogen-bond donors (Lipinski definition) is 0. The average Bonchev–Trinajstić information content (AvgIpc) is 1.82. The van der Waals surface area contributed by atoms with Crippen LogP contribution in [-0.2, 0) is 0 Å². The van der Waals surface area contributed by atoms with Crippen LogP contribution in [0.5, 0.6) is 0 Å². The molecule has 10 heavy (non-hydrogen) atoms. The van der Waals surface area contributed by atoms with E-state index < -0.39 is 0 Å². The van der Waals surface area contributed by atoms with Gasteiger partial charge in [-0.2, -0.15) is 0 Å². The van der Waals surface area contributed by atoms with Gasteiger partial charge >= 0.3 is 0 Å². The zero-order chi connectivity index (χ0) is 8.15. The van der Waals surface area contributed by atoms with E-state index >= 15 is 0 Å². The van der Waals surface area contributed by atoms with E-state index in [1.54, 1.807) is 0 Å². The second-order valence-corrected chi connectivity index (χ2v) is 6.42. The third-order valence-electron chi connectivity index (χ3n) is 1.34. The summed E-state index contributed by atoms with van der Waals surface area (Å²) < 4.78 is 0. The summed E-state index contributed by atoms with van der Waals surface area (Å²) in [6.45, 7) is 11.3. The first-order valence-corrected chi connectivity index (χ1v) is 6.13. The summed E-state index contributed by atoms with van der Waals surface area (Å²) in [4.78, 5) is 0. The van der Waals surface area contributed by atoms with Gasteiger partial charge in [0, 0.05) is 10.5 Å². The fourth-order valence-electron chi connectivity index (χ4n) is 0.310.